The Balaban J connectivity index is 4.54. The molecule has 0 saturated carbocycles. The van der Waals surface area contributed by atoms with Crippen LogP contribution in [0.15, 0.2) is 35.5 Å². The summed E-state index contributed by atoms with van der Waals surface area (Å²) in [7, 11) is 0. The first-order valence-corrected chi connectivity index (χ1v) is 10.5. The number of aliphatic hydroxyl groups excluding tert-OH is 1. The maximum atomic E-state index is 11.5. The highest BCUT2D eigenvalue weighted by Gasteiger charge is 2.13. The van der Waals surface area contributed by atoms with Crippen LogP contribution in [0.25, 0.3) is 0 Å². The first-order valence-electron chi connectivity index (χ1n) is 10.5. The molecule has 3 nitrogen and oxygen atoms in total. The minimum Gasteiger partial charge on any atom is -0.462 e. The van der Waals surface area contributed by atoms with Gasteiger partial charge in [-0.2, -0.15) is 0 Å². The summed E-state index contributed by atoms with van der Waals surface area (Å²) in [5.41, 5.74) is 2.75. The zero-order valence-electron chi connectivity index (χ0n) is 18.5. The molecule has 0 amide bonds. The Bertz CT molecular complexity index is 502. The van der Waals surface area contributed by atoms with Crippen LogP contribution in [0.2, 0.25) is 0 Å². The van der Waals surface area contributed by atoms with Crippen LogP contribution in [0, 0.1) is 17.8 Å². The fourth-order valence-electron chi connectivity index (χ4n) is 2.84. The molecule has 3 unspecified atom stereocenters. The first kappa shape index (κ1) is 25.6. The van der Waals surface area contributed by atoms with Crippen molar-refractivity contribution in [3.8, 4) is 0 Å². The standard InChI is InChI=1S/C24H42O3/c1-8-9-10-11-19(4)12-13-20(5)21(6)14-15-22(7)23(16-25)17-27-24(26)18(2)3/h14-15,19-20,23,25H,2,8-13,16-17H2,1,3-7H3/b21-14+,22-15+. The fraction of sp³-hybridized carbons (Fsp3) is 0.708. The van der Waals surface area contributed by atoms with Gasteiger partial charge in [-0.1, -0.05) is 82.8 Å². The average Bonchev–Trinajstić information content (AvgIpc) is 2.64. The summed E-state index contributed by atoms with van der Waals surface area (Å²) < 4.78 is 5.18. The maximum absolute atomic E-state index is 11.5. The van der Waals surface area contributed by atoms with Crippen LogP contribution < -0.4 is 0 Å². The van der Waals surface area contributed by atoms with Crippen molar-refractivity contribution in [1.82, 2.24) is 0 Å². The van der Waals surface area contributed by atoms with Crippen LogP contribution in [0.5, 0.6) is 0 Å². The lowest BCUT2D eigenvalue weighted by Crippen LogP contribution is -2.18. The van der Waals surface area contributed by atoms with Gasteiger partial charge in [-0.25, -0.2) is 4.79 Å². The molecule has 0 aromatic carbocycles. The molecule has 3 atom stereocenters. The van der Waals surface area contributed by atoms with Gasteiger partial charge >= 0.3 is 5.97 Å². The van der Waals surface area contributed by atoms with Gasteiger partial charge in [0.2, 0.25) is 0 Å². The number of esters is 1. The monoisotopic (exact) mass is 378 g/mol. The Kier molecular flexibility index (Phi) is 13.9. The van der Waals surface area contributed by atoms with E-state index >= 15 is 0 Å². The Morgan fingerprint density at radius 2 is 1.67 bits per heavy atom. The second-order valence-electron chi connectivity index (χ2n) is 8.16. The van der Waals surface area contributed by atoms with Crippen molar-refractivity contribution in [3.63, 3.8) is 0 Å². The molecular weight excluding hydrogens is 336 g/mol. The molecule has 0 bridgehead atoms. The summed E-state index contributed by atoms with van der Waals surface area (Å²) in [5, 5.41) is 9.58. The van der Waals surface area contributed by atoms with E-state index < -0.39 is 5.97 Å². The van der Waals surface area contributed by atoms with Crippen LogP contribution in [0.4, 0.5) is 0 Å². The molecule has 0 saturated heterocycles. The number of rotatable bonds is 14. The molecule has 0 aromatic heterocycles. The predicted molar refractivity (Wildman–Crippen MR) is 116 cm³/mol. The molecule has 1 N–H and O–H groups in total. The van der Waals surface area contributed by atoms with Crippen LogP contribution in [0.1, 0.15) is 80.1 Å². The second-order valence-corrected chi connectivity index (χ2v) is 8.16. The fourth-order valence-corrected chi connectivity index (χ4v) is 2.84. The molecule has 0 aliphatic heterocycles. The molecule has 156 valence electrons. The summed E-state index contributed by atoms with van der Waals surface area (Å²) in [6, 6.07) is 0. The van der Waals surface area contributed by atoms with Crippen molar-refractivity contribution < 1.29 is 14.6 Å². The molecule has 27 heavy (non-hydrogen) atoms. The average molecular weight is 379 g/mol. The van der Waals surface area contributed by atoms with Gasteiger partial charge in [0.15, 0.2) is 0 Å². The number of unbranched alkanes of at least 4 members (excludes halogenated alkanes) is 2. The highest BCUT2D eigenvalue weighted by Crippen LogP contribution is 2.23. The molecule has 0 aliphatic carbocycles. The normalized spacial score (nSPS) is 16.0. The van der Waals surface area contributed by atoms with E-state index in [1.807, 2.05) is 13.0 Å². The zero-order chi connectivity index (χ0) is 20.8. The molecule has 0 rings (SSSR count). The van der Waals surface area contributed by atoms with Crippen molar-refractivity contribution in [3.05, 3.63) is 35.5 Å². The van der Waals surface area contributed by atoms with E-state index in [0.29, 0.717) is 11.5 Å². The van der Waals surface area contributed by atoms with Crippen molar-refractivity contribution >= 4 is 5.97 Å². The number of aliphatic hydroxyl groups is 1. The lowest BCUT2D eigenvalue weighted by atomic mass is 9.90. The van der Waals surface area contributed by atoms with Crippen LogP contribution in [-0.4, -0.2) is 24.3 Å². The predicted octanol–water partition coefficient (Wildman–Crippen LogP) is 6.24. The second kappa shape index (κ2) is 14.7. The molecule has 0 aromatic rings. The molecule has 0 heterocycles. The number of carbonyl (C=O) groups excluding carboxylic acids is 1. The summed E-state index contributed by atoms with van der Waals surface area (Å²) in [6.45, 7) is 16.4. The highest BCUT2D eigenvalue weighted by atomic mass is 16.5. The zero-order valence-corrected chi connectivity index (χ0v) is 18.5. The topological polar surface area (TPSA) is 46.5 Å². The third kappa shape index (κ3) is 11.9. The molecule has 0 radical (unpaired) electrons. The third-order valence-electron chi connectivity index (χ3n) is 5.41. The Hall–Kier alpha value is -1.35. The van der Waals surface area contributed by atoms with E-state index in [4.69, 9.17) is 4.74 Å². The van der Waals surface area contributed by atoms with Crippen molar-refractivity contribution in [1.29, 1.82) is 0 Å². The highest BCUT2D eigenvalue weighted by molar-refractivity contribution is 5.86. The maximum Gasteiger partial charge on any atom is 0.333 e. The lowest BCUT2D eigenvalue weighted by molar-refractivity contribution is -0.140. The van der Waals surface area contributed by atoms with Crippen LogP contribution in [-0.2, 0) is 9.53 Å². The lowest BCUT2D eigenvalue weighted by Gasteiger charge is -2.17. The van der Waals surface area contributed by atoms with Gasteiger partial charge < -0.3 is 9.84 Å². The van der Waals surface area contributed by atoms with Crippen molar-refractivity contribution in [2.75, 3.05) is 13.2 Å². The van der Waals surface area contributed by atoms with E-state index in [0.717, 1.165) is 11.5 Å². The Labute approximate surface area is 167 Å². The number of ether oxygens (including phenoxy) is 1. The number of hydrogen-bond donors (Lipinski definition) is 1. The van der Waals surface area contributed by atoms with Gasteiger partial charge in [-0.05, 0) is 39.0 Å². The van der Waals surface area contributed by atoms with Gasteiger partial charge in [0.1, 0.15) is 6.61 Å². The van der Waals surface area contributed by atoms with E-state index in [1.54, 1.807) is 6.92 Å². The van der Waals surface area contributed by atoms with Gasteiger partial charge in [-0.15, -0.1) is 0 Å². The van der Waals surface area contributed by atoms with E-state index in [9.17, 15) is 9.90 Å². The van der Waals surface area contributed by atoms with Gasteiger partial charge in [0.25, 0.3) is 0 Å². The van der Waals surface area contributed by atoms with Crippen molar-refractivity contribution in [2.24, 2.45) is 17.8 Å². The van der Waals surface area contributed by atoms with E-state index in [2.05, 4.69) is 40.3 Å². The largest absolute Gasteiger partial charge is 0.462 e. The minimum atomic E-state index is -0.408. The van der Waals surface area contributed by atoms with Gasteiger partial charge in [0, 0.05) is 11.5 Å². The molecule has 0 spiro atoms. The molecule has 0 fully saturated rings. The Morgan fingerprint density at radius 3 is 2.22 bits per heavy atom. The van der Waals surface area contributed by atoms with Gasteiger partial charge in [-0.3, -0.25) is 0 Å². The Morgan fingerprint density at radius 1 is 1.04 bits per heavy atom. The molecular formula is C24H42O3. The summed E-state index contributed by atoms with van der Waals surface area (Å²) in [5.74, 6) is 0.767. The SMILES string of the molecule is C=C(C)C(=O)OCC(CO)/C(C)=C/C=C(\C)C(C)CCC(C)CCCCC. The molecule has 3 heteroatoms. The van der Waals surface area contributed by atoms with E-state index in [-0.39, 0.29) is 19.1 Å². The first-order chi connectivity index (χ1) is 12.7. The summed E-state index contributed by atoms with van der Waals surface area (Å²) in [6.07, 6.45) is 12.0. The van der Waals surface area contributed by atoms with Crippen LogP contribution in [0.3, 0.4) is 0 Å². The third-order valence-corrected chi connectivity index (χ3v) is 5.41. The summed E-state index contributed by atoms with van der Waals surface area (Å²) >= 11 is 0. The molecule has 0 aliphatic rings. The van der Waals surface area contributed by atoms with Gasteiger partial charge in [0.05, 0.1) is 6.61 Å². The number of hydrogen-bond acceptors (Lipinski definition) is 3. The summed E-state index contributed by atoms with van der Waals surface area (Å²) in [4.78, 5) is 11.5. The van der Waals surface area contributed by atoms with E-state index in [1.165, 1.54) is 44.1 Å². The number of allylic oxidation sites excluding steroid dienone is 3. The van der Waals surface area contributed by atoms with Crippen LogP contribution >= 0.6 is 0 Å². The van der Waals surface area contributed by atoms with Crippen molar-refractivity contribution in [2.45, 2.75) is 80.1 Å². The number of carbonyl (C=O) groups is 1. The smallest absolute Gasteiger partial charge is 0.333 e. The quantitative estimate of drug-likeness (QED) is 0.168. The minimum absolute atomic E-state index is 0.0382.